The quantitative estimate of drug-likeness (QED) is 0.624. The third kappa shape index (κ3) is 4.69. The van der Waals surface area contributed by atoms with Gasteiger partial charge in [0.1, 0.15) is 0 Å². The Morgan fingerprint density at radius 2 is 1.86 bits per heavy atom. The summed E-state index contributed by atoms with van der Waals surface area (Å²) in [7, 11) is 2.14. The van der Waals surface area contributed by atoms with E-state index in [9.17, 15) is 0 Å². The van der Waals surface area contributed by atoms with Gasteiger partial charge < -0.3 is 15.1 Å². The van der Waals surface area contributed by atoms with Crippen LogP contribution in [0.25, 0.3) is 21.8 Å². The van der Waals surface area contributed by atoms with Crippen LogP contribution in [0, 0.1) is 0 Å². The highest BCUT2D eigenvalue weighted by Gasteiger charge is 2.20. The smallest absolute Gasteiger partial charge is 0.226 e. The molecule has 0 saturated carbocycles. The summed E-state index contributed by atoms with van der Waals surface area (Å²) >= 11 is 8.09. The first kappa shape index (κ1) is 20.1. The van der Waals surface area contributed by atoms with Crippen molar-refractivity contribution in [3.8, 4) is 21.8 Å². The number of piperazine rings is 1. The van der Waals surface area contributed by atoms with E-state index in [0.717, 1.165) is 72.1 Å². The van der Waals surface area contributed by atoms with Crippen molar-refractivity contribution in [1.82, 2.24) is 19.9 Å². The average molecular weight is 429 g/mol. The molecule has 0 atom stereocenters. The Labute approximate surface area is 180 Å². The van der Waals surface area contributed by atoms with Crippen LogP contribution in [0.1, 0.15) is 13.3 Å². The molecular formula is C21H25ClN6S. The molecule has 1 saturated heterocycles. The SMILES string of the molecule is CCCNc1ncc(-c2cc(-c3ccccc3Cl)nc(N3CCN(C)CC3)n2)s1. The number of aromatic nitrogens is 3. The first-order chi connectivity index (χ1) is 14.1. The van der Waals surface area contributed by atoms with Gasteiger partial charge in [0.05, 0.1) is 16.3 Å². The predicted molar refractivity (Wildman–Crippen MR) is 122 cm³/mol. The zero-order valence-corrected chi connectivity index (χ0v) is 18.3. The summed E-state index contributed by atoms with van der Waals surface area (Å²) in [5.74, 6) is 0.752. The minimum atomic E-state index is 0.691. The standard InChI is InChI=1S/C21H25ClN6S/c1-3-8-23-21-24-14-19(29-21)18-13-17(15-6-4-5-7-16(15)22)25-20(26-18)28-11-9-27(2)10-12-28/h4-7,13-14H,3,8-12H2,1-2H3,(H,23,24). The lowest BCUT2D eigenvalue weighted by atomic mass is 10.1. The maximum Gasteiger partial charge on any atom is 0.226 e. The molecule has 6 nitrogen and oxygen atoms in total. The molecule has 3 heterocycles. The molecule has 0 bridgehead atoms. The van der Waals surface area contributed by atoms with Crippen LogP contribution >= 0.6 is 22.9 Å². The number of halogens is 1. The van der Waals surface area contributed by atoms with Crippen LogP contribution < -0.4 is 10.2 Å². The summed E-state index contributed by atoms with van der Waals surface area (Å²) in [5, 5.41) is 4.96. The van der Waals surface area contributed by atoms with Crippen LogP contribution in [0.15, 0.2) is 36.5 Å². The fraction of sp³-hybridized carbons (Fsp3) is 0.381. The second-order valence-electron chi connectivity index (χ2n) is 7.17. The number of thiazole rings is 1. The Balaban J connectivity index is 1.74. The Kier molecular flexibility index (Phi) is 6.28. The molecule has 0 radical (unpaired) electrons. The van der Waals surface area contributed by atoms with Crippen LogP contribution in [-0.2, 0) is 0 Å². The fourth-order valence-corrected chi connectivity index (χ4v) is 4.26. The fourth-order valence-electron chi connectivity index (χ4n) is 3.22. The van der Waals surface area contributed by atoms with E-state index in [-0.39, 0.29) is 0 Å². The molecule has 0 amide bonds. The van der Waals surface area contributed by atoms with Gasteiger partial charge in [-0.3, -0.25) is 0 Å². The minimum Gasteiger partial charge on any atom is -0.362 e. The van der Waals surface area contributed by atoms with E-state index < -0.39 is 0 Å². The zero-order chi connectivity index (χ0) is 20.2. The minimum absolute atomic E-state index is 0.691. The maximum atomic E-state index is 6.48. The van der Waals surface area contributed by atoms with Gasteiger partial charge in [0.2, 0.25) is 5.95 Å². The van der Waals surface area contributed by atoms with Crippen molar-refractivity contribution < 1.29 is 0 Å². The molecule has 0 aliphatic carbocycles. The Morgan fingerprint density at radius 3 is 2.62 bits per heavy atom. The highest BCUT2D eigenvalue weighted by Crippen LogP contribution is 2.33. The van der Waals surface area contributed by atoms with Crippen molar-refractivity contribution in [2.24, 2.45) is 0 Å². The number of rotatable bonds is 6. The van der Waals surface area contributed by atoms with Crippen molar-refractivity contribution in [2.75, 3.05) is 50.0 Å². The number of anilines is 2. The molecule has 0 unspecified atom stereocenters. The highest BCUT2D eigenvalue weighted by molar-refractivity contribution is 7.18. The summed E-state index contributed by atoms with van der Waals surface area (Å²) in [6, 6.07) is 9.83. The van der Waals surface area contributed by atoms with Crippen LogP contribution in [0.3, 0.4) is 0 Å². The molecule has 1 aromatic carbocycles. The van der Waals surface area contributed by atoms with Gasteiger partial charge in [0.15, 0.2) is 5.13 Å². The van der Waals surface area contributed by atoms with E-state index in [4.69, 9.17) is 21.6 Å². The maximum absolute atomic E-state index is 6.48. The monoisotopic (exact) mass is 428 g/mol. The van der Waals surface area contributed by atoms with Crippen LogP contribution in [0.5, 0.6) is 0 Å². The largest absolute Gasteiger partial charge is 0.362 e. The van der Waals surface area contributed by atoms with E-state index in [0.29, 0.717) is 5.02 Å². The van der Waals surface area contributed by atoms with E-state index in [2.05, 4.69) is 34.1 Å². The van der Waals surface area contributed by atoms with Gasteiger partial charge in [-0.15, -0.1) is 0 Å². The van der Waals surface area contributed by atoms with E-state index in [1.807, 2.05) is 36.5 Å². The normalized spacial score (nSPS) is 14.9. The third-order valence-electron chi connectivity index (χ3n) is 4.93. The van der Waals surface area contributed by atoms with Gasteiger partial charge in [-0.2, -0.15) is 0 Å². The molecule has 29 heavy (non-hydrogen) atoms. The number of benzene rings is 1. The van der Waals surface area contributed by atoms with Crippen molar-refractivity contribution in [1.29, 1.82) is 0 Å². The van der Waals surface area contributed by atoms with Crippen molar-refractivity contribution in [2.45, 2.75) is 13.3 Å². The lowest BCUT2D eigenvalue weighted by Gasteiger charge is -2.32. The summed E-state index contributed by atoms with van der Waals surface area (Å²) in [4.78, 5) is 19.9. The number of hydrogen-bond donors (Lipinski definition) is 1. The Bertz CT molecular complexity index is 967. The second kappa shape index (κ2) is 9.07. The third-order valence-corrected chi connectivity index (χ3v) is 6.24. The van der Waals surface area contributed by atoms with Crippen LogP contribution in [-0.4, -0.2) is 59.6 Å². The average Bonchev–Trinajstić information content (AvgIpc) is 3.22. The van der Waals surface area contributed by atoms with Crippen molar-refractivity contribution in [3.63, 3.8) is 0 Å². The lowest BCUT2D eigenvalue weighted by molar-refractivity contribution is 0.311. The Hall–Kier alpha value is -2.22. The first-order valence-electron chi connectivity index (χ1n) is 9.91. The predicted octanol–water partition coefficient (Wildman–Crippen LogP) is 4.49. The second-order valence-corrected chi connectivity index (χ2v) is 8.60. The zero-order valence-electron chi connectivity index (χ0n) is 16.7. The molecule has 2 aromatic heterocycles. The highest BCUT2D eigenvalue weighted by atomic mass is 35.5. The first-order valence-corrected chi connectivity index (χ1v) is 11.1. The number of nitrogens with one attached hydrogen (secondary N) is 1. The molecule has 4 rings (SSSR count). The molecule has 1 aliphatic heterocycles. The van der Waals surface area contributed by atoms with Crippen LogP contribution in [0.2, 0.25) is 5.02 Å². The molecular weight excluding hydrogens is 404 g/mol. The van der Waals surface area contributed by atoms with Crippen molar-refractivity contribution >= 4 is 34.0 Å². The van der Waals surface area contributed by atoms with E-state index in [1.54, 1.807) is 11.3 Å². The van der Waals surface area contributed by atoms with E-state index >= 15 is 0 Å². The molecule has 1 N–H and O–H groups in total. The summed E-state index contributed by atoms with van der Waals surface area (Å²) in [5.41, 5.74) is 2.64. The molecule has 152 valence electrons. The number of hydrogen-bond acceptors (Lipinski definition) is 7. The van der Waals surface area contributed by atoms with Gasteiger partial charge >= 0.3 is 0 Å². The summed E-state index contributed by atoms with van der Waals surface area (Å²) < 4.78 is 0. The van der Waals surface area contributed by atoms with Crippen molar-refractivity contribution in [3.05, 3.63) is 41.6 Å². The van der Waals surface area contributed by atoms with Gasteiger partial charge in [-0.1, -0.05) is 48.1 Å². The molecule has 3 aromatic rings. The Morgan fingerprint density at radius 1 is 1.10 bits per heavy atom. The molecule has 1 aliphatic rings. The van der Waals surface area contributed by atoms with Gasteiger partial charge in [-0.25, -0.2) is 15.0 Å². The van der Waals surface area contributed by atoms with Crippen LogP contribution in [0.4, 0.5) is 11.1 Å². The number of nitrogens with zero attached hydrogens (tertiary/aromatic N) is 5. The molecule has 8 heteroatoms. The van der Waals surface area contributed by atoms with Gasteiger partial charge in [0.25, 0.3) is 0 Å². The lowest BCUT2D eigenvalue weighted by Crippen LogP contribution is -2.45. The van der Waals surface area contributed by atoms with E-state index in [1.165, 1.54) is 0 Å². The number of likely N-dealkylation sites (N-methyl/N-ethyl adjacent to an activating group) is 1. The molecule has 1 fully saturated rings. The summed E-state index contributed by atoms with van der Waals surface area (Å²) in [6.07, 6.45) is 2.95. The topological polar surface area (TPSA) is 57.2 Å². The molecule has 0 spiro atoms. The van der Waals surface area contributed by atoms with Gasteiger partial charge in [0, 0.05) is 49.5 Å². The van der Waals surface area contributed by atoms with Gasteiger partial charge in [-0.05, 0) is 25.6 Å². The summed E-state index contributed by atoms with van der Waals surface area (Å²) in [6.45, 7) is 6.88.